The van der Waals surface area contributed by atoms with Crippen molar-refractivity contribution in [2.45, 2.75) is 38.4 Å². The SMILES string of the molecule is CNS(=O)(=O)Cc1ccc2[nH]cc(CCCc3cc(CCN4CCNCC4)ccc3NC(C)=O)c2c1. The predicted molar refractivity (Wildman–Crippen MR) is 146 cm³/mol. The Labute approximate surface area is 213 Å². The topological polar surface area (TPSA) is 106 Å². The molecule has 0 atom stereocenters. The van der Waals surface area contributed by atoms with Crippen LogP contribution in [-0.4, -0.2) is 64.0 Å². The van der Waals surface area contributed by atoms with Gasteiger partial charge in [0.05, 0.1) is 5.75 Å². The lowest BCUT2D eigenvalue weighted by atomic mass is 9.99. The number of rotatable bonds is 11. The minimum absolute atomic E-state index is 0.0368. The van der Waals surface area contributed by atoms with Crippen molar-refractivity contribution >= 4 is 32.5 Å². The van der Waals surface area contributed by atoms with E-state index in [1.807, 2.05) is 30.5 Å². The number of carbonyl (C=O) groups is 1. The number of hydrogen-bond acceptors (Lipinski definition) is 5. The van der Waals surface area contributed by atoms with E-state index in [0.29, 0.717) is 0 Å². The van der Waals surface area contributed by atoms with E-state index in [2.05, 4.69) is 37.4 Å². The summed E-state index contributed by atoms with van der Waals surface area (Å²) >= 11 is 0. The number of nitrogens with zero attached hydrogens (tertiary/aromatic N) is 1. The zero-order valence-corrected chi connectivity index (χ0v) is 22.0. The molecule has 1 aliphatic heterocycles. The molecule has 0 radical (unpaired) electrons. The molecule has 9 heteroatoms. The third-order valence-electron chi connectivity index (χ3n) is 6.80. The normalized spacial score (nSPS) is 14.8. The largest absolute Gasteiger partial charge is 0.361 e. The fraction of sp³-hybridized carbons (Fsp3) is 0.444. The van der Waals surface area contributed by atoms with Crippen molar-refractivity contribution in [1.82, 2.24) is 19.9 Å². The number of hydrogen-bond donors (Lipinski definition) is 4. The molecule has 1 saturated heterocycles. The highest BCUT2D eigenvalue weighted by molar-refractivity contribution is 7.88. The van der Waals surface area contributed by atoms with Gasteiger partial charge in [0, 0.05) is 62.4 Å². The summed E-state index contributed by atoms with van der Waals surface area (Å²) < 4.78 is 26.3. The van der Waals surface area contributed by atoms with Gasteiger partial charge in [0.2, 0.25) is 15.9 Å². The molecule has 0 spiro atoms. The molecule has 0 bridgehead atoms. The molecule has 2 aromatic carbocycles. The molecular weight excluding hydrogens is 474 g/mol. The van der Waals surface area contributed by atoms with Gasteiger partial charge in [-0.3, -0.25) is 4.79 Å². The number of sulfonamides is 1. The summed E-state index contributed by atoms with van der Waals surface area (Å²) in [5.41, 5.74) is 6.27. The van der Waals surface area contributed by atoms with Crippen LogP contribution in [0.4, 0.5) is 5.69 Å². The lowest BCUT2D eigenvalue weighted by molar-refractivity contribution is -0.114. The van der Waals surface area contributed by atoms with Crippen LogP contribution in [0.1, 0.15) is 35.6 Å². The van der Waals surface area contributed by atoms with Gasteiger partial charge in [-0.05, 0) is 73.2 Å². The van der Waals surface area contributed by atoms with Gasteiger partial charge in [0.1, 0.15) is 0 Å². The number of anilines is 1. The van der Waals surface area contributed by atoms with E-state index in [0.717, 1.165) is 86.1 Å². The van der Waals surface area contributed by atoms with Gasteiger partial charge in [0.15, 0.2) is 0 Å². The van der Waals surface area contributed by atoms with Crippen molar-refractivity contribution in [2.24, 2.45) is 0 Å². The molecule has 8 nitrogen and oxygen atoms in total. The maximum atomic E-state index is 12.0. The Balaban J connectivity index is 1.44. The quantitative estimate of drug-likeness (QED) is 0.317. The summed E-state index contributed by atoms with van der Waals surface area (Å²) in [5.74, 6) is -0.101. The van der Waals surface area contributed by atoms with Crippen molar-refractivity contribution in [3.05, 3.63) is 64.8 Å². The molecule has 36 heavy (non-hydrogen) atoms. The summed E-state index contributed by atoms with van der Waals surface area (Å²) in [6.45, 7) is 6.86. The van der Waals surface area contributed by atoms with Crippen molar-refractivity contribution in [3.63, 3.8) is 0 Å². The lowest BCUT2D eigenvalue weighted by Gasteiger charge is -2.27. The molecule has 0 saturated carbocycles. The Morgan fingerprint density at radius 1 is 1.00 bits per heavy atom. The van der Waals surface area contributed by atoms with Gasteiger partial charge in [-0.2, -0.15) is 0 Å². The minimum atomic E-state index is -3.32. The first-order valence-electron chi connectivity index (χ1n) is 12.7. The Kier molecular flexibility index (Phi) is 8.79. The summed E-state index contributed by atoms with van der Waals surface area (Å²) in [7, 11) is -1.89. The smallest absolute Gasteiger partial charge is 0.221 e. The van der Waals surface area contributed by atoms with Crippen LogP contribution in [0, 0.1) is 0 Å². The van der Waals surface area contributed by atoms with Gasteiger partial charge < -0.3 is 20.5 Å². The summed E-state index contributed by atoms with van der Waals surface area (Å²) in [5, 5.41) is 7.44. The number of benzene rings is 2. The molecule has 194 valence electrons. The molecule has 1 aromatic heterocycles. The number of H-pyrrole nitrogens is 1. The second-order valence-electron chi connectivity index (χ2n) is 9.52. The Morgan fingerprint density at radius 2 is 1.75 bits per heavy atom. The zero-order valence-electron chi connectivity index (χ0n) is 21.2. The summed E-state index contributed by atoms with van der Waals surface area (Å²) in [6, 6.07) is 12.2. The first kappa shape index (κ1) is 26.3. The van der Waals surface area contributed by atoms with Gasteiger partial charge in [0.25, 0.3) is 0 Å². The predicted octanol–water partition coefficient (Wildman–Crippen LogP) is 2.80. The number of carbonyl (C=O) groups excluding carboxylic acids is 1. The van der Waals surface area contributed by atoms with E-state index >= 15 is 0 Å². The maximum Gasteiger partial charge on any atom is 0.221 e. The number of aryl methyl sites for hydroxylation is 2. The molecule has 4 rings (SSSR count). The van der Waals surface area contributed by atoms with Crippen molar-refractivity contribution in [3.8, 4) is 0 Å². The number of aromatic nitrogens is 1. The molecule has 3 aromatic rings. The number of piperazine rings is 1. The molecular formula is C27H37N5O3S. The first-order valence-corrected chi connectivity index (χ1v) is 14.3. The van der Waals surface area contributed by atoms with Crippen LogP contribution in [0.5, 0.6) is 0 Å². The van der Waals surface area contributed by atoms with Crippen LogP contribution < -0.4 is 15.4 Å². The first-order chi connectivity index (χ1) is 17.3. The van der Waals surface area contributed by atoms with Gasteiger partial charge in [-0.25, -0.2) is 13.1 Å². The minimum Gasteiger partial charge on any atom is -0.361 e. The van der Waals surface area contributed by atoms with Crippen LogP contribution in [0.25, 0.3) is 10.9 Å². The van der Waals surface area contributed by atoms with Crippen LogP contribution in [-0.2, 0) is 39.8 Å². The van der Waals surface area contributed by atoms with Crippen LogP contribution in [0.15, 0.2) is 42.6 Å². The third kappa shape index (κ3) is 7.16. The van der Waals surface area contributed by atoms with Gasteiger partial charge >= 0.3 is 0 Å². The third-order valence-corrected chi connectivity index (χ3v) is 8.13. The summed E-state index contributed by atoms with van der Waals surface area (Å²) in [4.78, 5) is 17.6. The fourth-order valence-corrected chi connectivity index (χ4v) is 5.59. The second kappa shape index (κ2) is 12.0. The second-order valence-corrected chi connectivity index (χ2v) is 11.5. The fourth-order valence-electron chi connectivity index (χ4n) is 4.83. The monoisotopic (exact) mass is 511 g/mol. The van der Waals surface area contributed by atoms with Crippen molar-refractivity contribution in [2.75, 3.05) is 45.1 Å². The highest BCUT2D eigenvalue weighted by Gasteiger charge is 2.13. The molecule has 0 unspecified atom stereocenters. The van der Waals surface area contributed by atoms with E-state index in [1.165, 1.54) is 18.2 Å². The van der Waals surface area contributed by atoms with Crippen LogP contribution >= 0.6 is 0 Å². The highest BCUT2D eigenvalue weighted by atomic mass is 32.2. The zero-order chi connectivity index (χ0) is 25.5. The molecule has 0 aliphatic carbocycles. The lowest BCUT2D eigenvalue weighted by Crippen LogP contribution is -2.44. The molecule has 1 aliphatic rings. The van der Waals surface area contributed by atoms with E-state index in [-0.39, 0.29) is 11.7 Å². The molecule has 1 fully saturated rings. The van der Waals surface area contributed by atoms with E-state index in [4.69, 9.17) is 0 Å². The van der Waals surface area contributed by atoms with Crippen molar-refractivity contribution < 1.29 is 13.2 Å². The van der Waals surface area contributed by atoms with Crippen molar-refractivity contribution in [1.29, 1.82) is 0 Å². The number of fused-ring (bicyclic) bond motifs is 1. The van der Waals surface area contributed by atoms with E-state index in [9.17, 15) is 13.2 Å². The molecule has 1 amide bonds. The Bertz CT molecular complexity index is 1300. The van der Waals surface area contributed by atoms with Gasteiger partial charge in [-0.1, -0.05) is 18.2 Å². The highest BCUT2D eigenvalue weighted by Crippen LogP contribution is 2.25. The number of amides is 1. The maximum absolute atomic E-state index is 12.0. The van der Waals surface area contributed by atoms with Crippen LogP contribution in [0.3, 0.4) is 0 Å². The molecule has 4 N–H and O–H groups in total. The average molecular weight is 512 g/mol. The molecule has 2 heterocycles. The number of nitrogens with one attached hydrogen (secondary N) is 4. The van der Waals surface area contributed by atoms with E-state index < -0.39 is 10.0 Å². The number of aromatic amines is 1. The van der Waals surface area contributed by atoms with E-state index in [1.54, 1.807) is 6.92 Å². The average Bonchev–Trinajstić information content (AvgIpc) is 3.26. The summed E-state index contributed by atoms with van der Waals surface area (Å²) in [6.07, 6.45) is 5.62. The van der Waals surface area contributed by atoms with Crippen LogP contribution in [0.2, 0.25) is 0 Å². The standard InChI is InChI=1S/C27H37N5O3S/c1-20(33)31-26-8-6-21(10-13-32-14-11-29-12-15-32)16-23(26)4-3-5-24-18-30-27-9-7-22(17-25(24)27)19-36(34,35)28-2/h6-9,16-18,28-30H,3-5,10-15,19H2,1-2H3,(H,31,33). The Hall–Kier alpha value is -2.72. The van der Waals surface area contributed by atoms with Gasteiger partial charge in [-0.15, -0.1) is 0 Å². The Morgan fingerprint density at radius 3 is 2.50 bits per heavy atom.